The second kappa shape index (κ2) is 5.82. The van der Waals surface area contributed by atoms with E-state index >= 15 is 0 Å². The molecule has 1 aromatic carbocycles. The molecule has 0 aliphatic carbocycles. The number of rotatable bonds is 4. The number of fused-ring (bicyclic) bond motifs is 1. The van der Waals surface area contributed by atoms with Crippen LogP contribution in [0.1, 0.15) is 15.6 Å². The molecular formula is C13H11BrN4O2S. The van der Waals surface area contributed by atoms with Crippen molar-refractivity contribution in [3.05, 3.63) is 39.8 Å². The van der Waals surface area contributed by atoms with Crippen LogP contribution in [0.25, 0.3) is 10.1 Å². The third-order valence-electron chi connectivity index (χ3n) is 2.94. The van der Waals surface area contributed by atoms with Crippen molar-refractivity contribution in [1.82, 2.24) is 15.5 Å². The van der Waals surface area contributed by atoms with E-state index in [2.05, 4.69) is 31.4 Å². The van der Waals surface area contributed by atoms with E-state index in [9.17, 15) is 4.79 Å². The lowest BCUT2D eigenvalue weighted by molar-refractivity contribution is 0.0958. The summed E-state index contributed by atoms with van der Waals surface area (Å²) in [6, 6.07) is 5.76. The highest BCUT2D eigenvalue weighted by atomic mass is 79.9. The fraction of sp³-hybridized carbons (Fsp3) is 0.154. The molecule has 3 aromatic rings. The molecule has 0 fully saturated rings. The minimum atomic E-state index is -0.194. The molecule has 21 heavy (non-hydrogen) atoms. The Morgan fingerprint density at radius 3 is 3.05 bits per heavy atom. The molecule has 0 saturated carbocycles. The van der Waals surface area contributed by atoms with Crippen molar-refractivity contribution in [3.8, 4) is 0 Å². The van der Waals surface area contributed by atoms with Crippen LogP contribution in [0.15, 0.2) is 33.5 Å². The Bertz CT molecular complexity index is 785. The summed E-state index contributed by atoms with van der Waals surface area (Å²) in [5.41, 5.74) is 6.58. The van der Waals surface area contributed by atoms with Gasteiger partial charge in [-0.1, -0.05) is 27.2 Å². The van der Waals surface area contributed by atoms with E-state index in [1.165, 1.54) is 17.7 Å². The number of nitrogen functional groups attached to an aromatic ring is 1. The van der Waals surface area contributed by atoms with Crippen LogP contribution in [0.5, 0.6) is 0 Å². The smallest absolute Gasteiger partial charge is 0.263 e. The van der Waals surface area contributed by atoms with Crippen molar-refractivity contribution in [3.63, 3.8) is 0 Å². The first-order valence-corrected chi connectivity index (χ1v) is 7.78. The van der Waals surface area contributed by atoms with Crippen LogP contribution >= 0.6 is 27.3 Å². The molecule has 0 aliphatic heterocycles. The number of halogens is 1. The Morgan fingerprint density at radius 1 is 1.48 bits per heavy atom. The summed E-state index contributed by atoms with van der Waals surface area (Å²) in [6.07, 6.45) is 1.82. The maximum atomic E-state index is 12.2. The van der Waals surface area contributed by atoms with Gasteiger partial charge in [0.05, 0.1) is 5.69 Å². The predicted octanol–water partition coefficient (Wildman–Crippen LogP) is 2.60. The zero-order chi connectivity index (χ0) is 14.8. The van der Waals surface area contributed by atoms with Gasteiger partial charge < -0.3 is 15.6 Å². The summed E-state index contributed by atoms with van der Waals surface area (Å²) in [7, 11) is 0. The number of anilines is 1. The molecule has 0 atom stereocenters. The average Bonchev–Trinajstić information content (AvgIpc) is 3.08. The predicted molar refractivity (Wildman–Crippen MR) is 84.3 cm³/mol. The topological polar surface area (TPSA) is 94.0 Å². The number of carbonyl (C=O) groups is 1. The van der Waals surface area contributed by atoms with Gasteiger partial charge in [-0.3, -0.25) is 4.79 Å². The number of nitrogens with zero attached hydrogens (tertiary/aromatic N) is 2. The number of hydrogen-bond donors (Lipinski definition) is 2. The Hall–Kier alpha value is -1.93. The molecule has 0 saturated heterocycles. The lowest BCUT2D eigenvalue weighted by atomic mass is 10.2. The third-order valence-corrected chi connectivity index (χ3v) is 4.77. The number of nitrogens with two attached hydrogens (primary N) is 1. The van der Waals surface area contributed by atoms with Gasteiger partial charge >= 0.3 is 0 Å². The van der Waals surface area contributed by atoms with Crippen molar-refractivity contribution in [1.29, 1.82) is 0 Å². The first-order chi connectivity index (χ1) is 10.2. The number of amides is 1. The monoisotopic (exact) mass is 366 g/mol. The molecule has 0 aliphatic rings. The van der Waals surface area contributed by atoms with Crippen LogP contribution < -0.4 is 11.1 Å². The maximum absolute atomic E-state index is 12.2. The van der Waals surface area contributed by atoms with Crippen LogP contribution in [-0.2, 0) is 6.42 Å². The van der Waals surface area contributed by atoms with Crippen molar-refractivity contribution in [2.45, 2.75) is 6.42 Å². The van der Waals surface area contributed by atoms with Gasteiger partial charge in [-0.2, -0.15) is 4.98 Å². The Balaban J connectivity index is 1.75. The van der Waals surface area contributed by atoms with Crippen molar-refractivity contribution in [2.75, 3.05) is 12.3 Å². The maximum Gasteiger partial charge on any atom is 0.263 e. The van der Waals surface area contributed by atoms with Crippen molar-refractivity contribution in [2.24, 2.45) is 0 Å². The number of hydrogen-bond acceptors (Lipinski definition) is 6. The zero-order valence-electron chi connectivity index (χ0n) is 10.8. The number of thiophene rings is 1. The molecule has 6 nitrogen and oxygen atoms in total. The Kier molecular flexibility index (Phi) is 3.89. The Labute approximate surface area is 132 Å². The summed E-state index contributed by atoms with van der Waals surface area (Å²) in [4.78, 5) is 16.6. The minimum absolute atomic E-state index is 0.194. The zero-order valence-corrected chi connectivity index (χ0v) is 13.2. The molecule has 108 valence electrons. The van der Waals surface area contributed by atoms with E-state index in [0.29, 0.717) is 29.4 Å². The molecule has 2 aromatic heterocycles. The molecule has 0 bridgehead atoms. The molecule has 2 heterocycles. The van der Waals surface area contributed by atoms with E-state index in [4.69, 9.17) is 10.3 Å². The fourth-order valence-corrected chi connectivity index (χ4v) is 3.74. The number of nitrogens with one attached hydrogen (secondary N) is 1. The Morgan fingerprint density at radius 2 is 2.33 bits per heavy atom. The first kappa shape index (κ1) is 14.0. The quantitative estimate of drug-likeness (QED) is 0.739. The molecule has 0 unspecified atom stereocenters. The third kappa shape index (κ3) is 2.77. The molecule has 8 heteroatoms. The lowest BCUT2D eigenvalue weighted by Crippen LogP contribution is -2.25. The SMILES string of the molecule is Nc1c(C(=O)NCCc2ncno2)sc2cccc(Br)c12. The van der Waals surface area contributed by atoms with E-state index in [-0.39, 0.29) is 5.91 Å². The largest absolute Gasteiger partial charge is 0.397 e. The van der Waals surface area contributed by atoms with Crippen LogP contribution in [0.2, 0.25) is 0 Å². The van der Waals surface area contributed by atoms with Crippen LogP contribution in [0, 0.1) is 0 Å². The van der Waals surface area contributed by atoms with E-state index in [0.717, 1.165) is 14.6 Å². The summed E-state index contributed by atoms with van der Waals surface area (Å²) < 4.78 is 6.73. The van der Waals surface area contributed by atoms with Gasteiger partial charge in [0.15, 0.2) is 6.33 Å². The average molecular weight is 367 g/mol. The lowest BCUT2D eigenvalue weighted by Gasteiger charge is -2.02. The van der Waals surface area contributed by atoms with Gasteiger partial charge in [0, 0.05) is 27.5 Å². The number of benzene rings is 1. The minimum Gasteiger partial charge on any atom is -0.397 e. The second-order valence-electron chi connectivity index (χ2n) is 4.30. The van der Waals surface area contributed by atoms with Crippen molar-refractivity contribution >= 4 is 48.9 Å². The van der Waals surface area contributed by atoms with Crippen LogP contribution in [0.3, 0.4) is 0 Å². The van der Waals surface area contributed by atoms with Crippen LogP contribution in [0.4, 0.5) is 5.69 Å². The summed E-state index contributed by atoms with van der Waals surface area (Å²) in [5.74, 6) is 0.294. The van der Waals surface area contributed by atoms with E-state index < -0.39 is 0 Å². The highest BCUT2D eigenvalue weighted by Crippen LogP contribution is 2.37. The summed E-state index contributed by atoms with van der Waals surface area (Å²) >= 11 is 4.83. The standard InChI is InChI=1S/C13H11BrN4O2S/c14-7-2-1-3-8-10(7)11(15)12(21-8)13(19)16-5-4-9-17-6-18-20-9/h1-3,6H,4-5,15H2,(H,16,19). The fourth-order valence-electron chi connectivity index (χ4n) is 1.97. The van der Waals surface area contributed by atoms with E-state index in [1.807, 2.05) is 18.2 Å². The van der Waals surface area contributed by atoms with Gasteiger partial charge in [-0.05, 0) is 12.1 Å². The normalized spacial score (nSPS) is 10.9. The first-order valence-electron chi connectivity index (χ1n) is 6.17. The molecule has 0 spiro atoms. The summed E-state index contributed by atoms with van der Waals surface area (Å²) in [6.45, 7) is 0.413. The van der Waals surface area contributed by atoms with E-state index in [1.54, 1.807) is 0 Å². The molecule has 0 radical (unpaired) electrons. The van der Waals surface area contributed by atoms with Crippen molar-refractivity contribution < 1.29 is 9.32 Å². The molecule has 3 rings (SSSR count). The molecule has 1 amide bonds. The van der Waals surface area contributed by atoms with Crippen LogP contribution in [-0.4, -0.2) is 22.6 Å². The highest BCUT2D eigenvalue weighted by Gasteiger charge is 2.17. The van der Waals surface area contributed by atoms with Gasteiger partial charge in [-0.25, -0.2) is 0 Å². The number of carbonyl (C=O) groups excluding carboxylic acids is 1. The highest BCUT2D eigenvalue weighted by molar-refractivity contribution is 9.10. The van der Waals surface area contributed by atoms with Gasteiger partial charge in [0.2, 0.25) is 5.89 Å². The molecule has 3 N–H and O–H groups in total. The second-order valence-corrected chi connectivity index (χ2v) is 6.21. The molecular weight excluding hydrogens is 356 g/mol. The van der Waals surface area contributed by atoms with Gasteiger partial charge in [0.1, 0.15) is 4.88 Å². The van der Waals surface area contributed by atoms with Gasteiger partial charge in [0.25, 0.3) is 5.91 Å². The van der Waals surface area contributed by atoms with Gasteiger partial charge in [-0.15, -0.1) is 11.3 Å². The number of aromatic nitrogens is 2. The summed E-state index contributed by atoms with van der Waals surface area (Å²) in [5, 5.41) is 7.19.